The van der Waals surface area contributed by atoms with Crippen LogP contribution in [0.25, 0.3) is 0 Å². The average Bonchev–Trinajstić information content (AvgIpc) is 2.63. The molecular weight excluding hydrogens is 360 g/mol. The molecule has 154 valence electrons. The van der Waals surface area contributed by atoms with Crippen LogP contribution in [-0.2, 0) is 9.53 Å². The van der Waals surface area contributed by atoms with Crippen LogP contribution in [0.5, 0.6) is 11.5 Å². The number of hydrogen-bond donors (Lipinski definition) is 2. The van der Waals surface area contributed by atoms with Gasteiger partial charge in [-0.2, -0.15) is 0 Å². The van der Waals surface area contributed by atoms with E-state index >= 15 is 0 Å². The Kier molecular flexibility index (Phi) is 7.72. The zero-order valence-electron chi connectivity index (χ0n) is 17.3. The normalized spacial score (nSPS) is 16.5. The van der Waals surface area contributed by atoms with Crippen LogP contribution in [0.3, 0.4) is 0 Å². The fourth-order valence-corrected chi connectivity index (χ4v) is 3.09. The van der Waals surface area contributed by atoms with Gasteiger partial charge in [-0.25, -0.2) is 9.59 Å². The number of ether oxygens (including phenoxy) is 3. The van der Waals surface area contributed by atoms with Crippen molar-refractivity contribution in [2.75, 3.05) is 13.2 Å². The predicted molar refractivity (Wildman–Crippen MR) is 106 cm³/mol. The lowest BCUT2D eigenvalue weighted by molar-refractivity contribution is -0.139. The maximum atomic E-state index is 12.7. The molecule has 1 heterocycles. The first kappa shape index (κ1) is 21.6. The summed E-state index contributed by atoms with van der Waals surface area (Å²) in [6.45, 7) is 10.2. The number of nitrogens with one attached hydrogen (secondary N) is 2. The number of amides is 2. The zero-order chi connectivity index (χ0) is 20.7. The number of urea groups is 1. The third-order valence-electron chi connectivity index (χ3n) is 4.11. The Morgan fingerprint density at radius 2 is 1.89 bits per heavy atom. The Morgan fingerprint density at radius 3 is 2.50 bits per heavy atom. The fourth-order valence-electron chi connectivity index (χ4n) is 3.09. The third kappa shape index (κ3) is 5.18. The van der Waals surface area contributed by atoms with Crippen molar-refractivity contribution in [1.29, 1.82) is 0 Å². The van der Waals surface area contributed by atoms with Crippen molar-refractivity contribution in [2.24, 2.45) is 0 Å². The number of allylic oxidation sites excluding steroid dienone is 1. The lowest BCUT2D eigenvalue weighted by Gasteiger charge is -2.29. The lowest BCUT2D eigenvalue weighted by Crippen LogP contribution is -2.46. The van der Waals surface area contributed by atoms with Gasteiger partial charge in [0.1, 0.15) is 0 Å². The summed E-state index contributed by atoms with van der Waals surface area (Å²) in [6, 6.07) is 4.47. The van der Waals surface area contributed by atoms with Gasteiger partial charge in [0, 0.05) is 5.70 Å². The van der Waals surface area contributed by atoms with E-state index < -0.39 is 12.0 Å². The molecule has 0 saturated carbocycles. The van der Waals surface area contributed by atoms with Crippen LogP contribution in [0, 0.1) is 0 Å². The molecule has 1 aliphatic heterocycles. The molecule has 1 aromatic carbocycles. The van der Waals surface area contributed by atoms with Crippen molar-refractivity contribution in [3.05, 3.63) is 35.0 Å². The summed E-state index contributed by atoms with van der Waals surface area (Å²) in [7, 11) is 0. The Morgan fingerprint density at radius 1 is 1.14 bits per heavy atom. The summed E-state index contributed by atoms with van der Waals surface area (Å²) in [5.41, 5.74) is 1.74. The quantitative estimate of drug-likeness (QED) is 0.626. The van der Waals surface area contributed by atoms with E-state index in [2.05, 4.69) is 10.6 Å². The van der Waals surface area contributed by atoms with Gasteiger partial charge in [0.25, 0.3) is 0 Å². The SMILES string of the molecule is CCCC1=C(C(=O)OCC)C(c2ccc(OC(C)C)c(OCC)c2)NC(=O)N1. The maximum Gasteiger partial charge on any atom is 0.338 e. The minimum absolute atomic E-state index is 0.00483. The second kappa shape index (κ2) is 10.0. The van der Waals surface area contributed by atoms with Crippen LogP contribution in [0.2, 0.25) is 0 Å². The van der Waals surface area contributed by atoms with Crippen LogP contribution in [0.1, 0.15) is 59.1 Å². The van der Waals surface area contributed by atoms with Gasteiger partial charge in [0.15, 0.2) is 11.5 Å². The van der Waals surface area contributed by atoms with E-state index in [1.165, 1.54) is 0 Å². The average molecular weight is 390 g/mol. The third-order valence-corrected chi connectivity index (χ3v) is 4.11. The molecule has 0 bridgehead atoms. The monoisotopic (exact) mass is 390 g/mol. The highest BCUT2D eigenvalue weighted by atomic mass is 16.5. The van der Waals surface area contributed by atoms with Crippen molar-refractivity contribution >= 4 is 12.0 Å². The van der Waals surface area contributed by atoms with Crippen LogP contribution < -0.4 is 20.1 Å². The molecule has 1 aliphatic rings. The van der Waals surface area contributed by atoms with Crippen molar-refractivity contribution in [2.45, 2.75) is 59.6 Å². The van der Waals surface area contributed by atoms with E-state index in [4.69, 9.17) is 14.2 Å². The summed E-state index contributed by atoms with van der Waals surface area (Å²) in [5.74, 6) is 0.752. The summed E-state index contributed by atoms with van der Waals surface area (Å²) in [6.07, 6.45) is 1.36. The standard InChI is InChI=1S/C21H30N2O5/c1-6-9-15-18(20(24)27-8-3)19(23-21(25)22-15)14-10-11-16(28-13(4)5)17(12-14)26-7-2/h10-13,19H,6-9H2,1-5H3,(H2,22,23,25). The molecule has 1 atom stereocenters. The summed E-state index contributed by atoms with van der Waals surface area (Å²) in [4.78, 5) is 24.9. The number of esters is 1. The van der Waals surface area contributed by atoms with Crippen molar-refractivity contribution < 1.29 is 23.8 Å². The van der Waals surface area contributed by atoms with E-state index in [-0.39, 0.29) is 18.7 Å². The lowest BCUT2D eigenvalue weighted by atomic mass is 9.93. The van der Waals surface area contributed by atoms with Gasteiger partial charge >= 0.3 is 12.0 Å². The topological polar surface area (TPSA) is 85.9 Å². The predicted octanol–water partition coefficient (Wildman–Crippen LogP) is 3.84. The highest BCUT2D eigenvalue weighted by molar-refractivity contribution is 5.95. The maximum absolute atomic E-state index is 12.7. The van der Waals surface area contributed by atoms with Crippen molar-refractivity contribution in [3.8, 4) is 11.5 Å². The molecule has 1 aromatic rings. The summed E-state index contributed by atoms with van der Waals surface area (Å²) >= 11 is 0. The van der Waals surface area contributed by atoms with Crippen LogP contribution in [0.15, 0.2) is 29.5 Å². The van der Waals surface area contributed by atoms with Crippen LogP contribution in [-0.4, -0.2) is 31.3 Å². The molecule has 0 fully saturated rings. The molecule has 0 radical (unpaired) electrons. The molecule has 0 spiro atoms. The summed E-state index contributed by atoms with van der Waals surface area (Å²) in [5, 5.41) is 5.59. The van der Waals surface area contributed by atoms with Crippen LogP contribution in [0.4, 0.5) is 4.79 Å². The van der Waals surface area contributed by atoms with Gasteiger partial charge in [0.05, 0.1) is 30.9 Å². The number of carbonyl (C=O) groups is 2. The Hall–Kier alpha value is -2.70. The molecule has 0 saturated heterocycles. The molecule has 2 N–H and O–H groups in total. The van der Waals surface area contributed by atoms with Crippen molar-refractivity contribution in [1.82, 2.24) is 10.6 Å². The molecule has 1 unspecified atom stereocenters. The first-order valence-electron chi connectivity index (χ1n) is 9.82. The zero-order valence-corrected chi connectivity index (χ0v) is 17.3. The van der Waals surface area contributed by atoms with Crippen LogP contribution >= 0.6 is 0 Å². The number of rotatable bonds is 9. The van der Waals surface area contributed by atoms with Gasteiger partial charge in [-0.15, -0.1) is 0 Å². The number of carbonyl (C=O) groups excluding carboxylic acids is 2. The second-order valence-corrected chi connectivity index (χ2v) is 6.70. The van der Waals surface area contributed by atoms with E-state index in [9.17, 15) is 9.59 Å². The molecule has 2 amide bonds. The summed E-state index contributed by atoms with van der Waals surface area (Å²) < 4.78 is 16.8. The first-order chi connectivity index (χ1) is 13.4. The highest BCUT2D eigenvalue weighted by Gasteiger charge is 2.33. The van der Waals surface area contributed by atoms with E-state index in [1.807, 2.05) is 33.8 Å². The van der Waals surface area contributed by atoms with Gasteiger partial charge in [-0.1, -0.05) is 19.4 Å². The molecule has 7 nitrogen and oxygen atoms in total. The van der Waals surface area contributed by atoms with E-state index in [1.54, 1.807) is 19.1 Å². The molecule has 7 heteroatoms. The van der Waals surface area contributed by atoms with Gasteiger partial charge in [-0.3, -0.25) is 0 Å². The highest BCUT2D eigenvalue weighted by Crippen LogP contribution is 2.35. The number of hydrogen-bond acceptors (Lipinski definition) is 5. The smallest absolute Gasteiger partial charge is 0.338 e. The minimum atomic E-state index is -0.623. The Bertz CT molecular complexity index is 742. The number of benzene rings is 1. The largest absolute Gasteiger partial charge is 0.490 e. The Labute approximate surface area is 166 Å². The van der Waals surface area contributed by atoms with Crippen molar-refractivity contribution in [3.63, 3.8) is 0 Å². The second-order valence-electron chi connectivity index (χ2n) is 6.70. The molecule has 2 rings (SSSR count). The van der Waals surface area contributed by atoms with Gasteiger partial charge < -0.3 is 24.8 Å². The molecule has 28 heavy (non-hydrogen) atoms. The Balaban J connectivity index is 2.51. The minimum Gasteiger partial charge on any atom is -0.490 e. The molecular formula is C21H30N2O5. The van der Waals surface area contributed by atoms with Gasteiger partial charge in [0.2, 0.25) is 0 Å². The molecule has 0 aromatic heterocycles. The fraction of sp³-hybridized carbons (Fsp3) is 0.524. The first-order valence-corrected chi connectivity index (χ1v) is 9.82. The van der Waals surface area contributed by atoms with E-state index in [0.29, 0.717) is 35.8 Å². The molecule has 0 aliphatic carbocycles. The van der Waals surface area contributed by atoms with E-state index in [0.717, 1.165) is 12.0 Å². The van der Waals surface area contributed by atoms with Gasteiger partial charge in [-0.05, 0) is 51.8 Å².